The summed E-state index contributed by atoms with van der Waals surface area (Å²) in [5.41, 5.74) is 2.10. The maximum absolute atomic E-state index is 15.2. The van der Waals surface area contributed by atoms with Crippen LogP contribution in [-0.4, -0.2) is 52.6 Å². The van der Waals surface area contributed by atoms with Gasteiger partial charge in [-0.15, -0.1) is 0 Å². The second-order valence-electron chi connectivity index (χ2n) is 9.63. The van der Waals surface area contributed by atoms with Crippen molar-refractivity contribution in [2.75, 3.05) is 26.2 Å². The van der Waals surface area contributed by atoms with Gasteiger partial charge in [-0.3, -0.25) is 9.69 Å². The van der Waals surface area contributed by atoms with Crippen molar-refractivity contribution in [1.29, 1.82) is 0 Å². The highest BCUT2D eigenvalue weighted by molar-refractivity contribution is 5.45. The number of likely N-dealkylation sites (tertiary alicyclic amines) is 1. The lowest BCUT2D eigenvalue weighted by molar-refractivity contribution is 0.0899. The highest BCUT2D eigenvalue weighted by Gasteiger charge is 2.24. The average Bonchev–Trinajstić information content (AvgIpc) is 2.87. The van der Waals surface area contributed by atoms with Crippen molar-refractivity contribution < 1.29 is 18.3 Å². The maximum atomic E-state index is 15.2. The smallest absolute Gasteiger partial charge is 0.293 e. The summed E-state index contributed by atoms with van der Waals surface area (Å²) in [7, 11) is 0. The molecular weight excluding hydrogens is 493 g/mol. The van der Waals surface area contributed by atoms with Gasteiger partial charge in [0.05, 0.1) is 18.6 Å². The Morgan fingerprint density at radius 3 is 2.53 bits per heavy atom. The number of alkyl halides is 2. The Hall–Kier alpha value is -3.61. The van der Waals surface area contributed by atoms with Gasteiger partial charge < -0.3 is 15.4 Å². The first-order chi connectivity index (χ1) is 18.3. The summed E-state index contributed by atoms with van der Waals surface area (Å²) in [6.07, 6.45) is -0.230. The molecule has 6 nitrogen and oxygen atoms in total. The van der Waals surface area contributed by atoms with Gasteiger partial charge >= 0.3 is 0 Å². The molecule has 1 saturated heterocycles. The highest BCUT2D eigenvalue weighted by atomic mass is 19.3. The van der Waals surface area contributed by atoms with Crippen LogP contribution in [0.5, 0.6) is 5.75 Å². The van der Waals surface area contributed by atoms with Crippen LogP contribution >= 0.6 is 0 Å². The lowest BCUT2D eigenvalue weighted by atomic mass is 9.92. The topological polar surface area (TPSA) is 81.2 Å². The number of nitrogens with zero attached hydrogens (tertiary/aromatic N) is 2. The lowest BCUT2D eigenvalue weighted by Crippen LogP contribution is -2.45. The minimum absolute atomic E-state index is 0.00306. The molecule has 1 aliphatic rings. The second kappa shape index (κ2) is 12.8. The van der Waals surface area contributed by atoms with Crippen LogP contribution in [0.3, 0.4) is 0 Å². The zero-order valence-corrected chi connectivity index (χ0v) is 21.2. The van der Waals surface area contributed by atoms with Gasteiger partial charge in [0.25, 0.3) is 12.0 Å². The average molecular weight is 525 g/mol. The molecule has 3 N–H and O–H groups in total. The molecule has 3 aromatic rings. The van der Waals surface area contributed by atoms with Gasteiger partial charge in [-0.2, -0.15) is 0 Å². The molecule has 1 aromatic heterocycles. The van der Waals surface area contributed by atoms with E-state index >= 15 is 4.39 Å². The Labute approximate surface area is 219 Å². The van der Waals surface area contributed by atoms with Crippen LogP contribution in [-0.2, 0) is 13.0 Å². The number of H-pyrrole nitrogens is 1. The molecule has 200 valence electrons. The fourth-order valence-electron chi connectivity index (χ4n) is 4.57. The largest absolute Gasteiger partial charge is 0.502 e. The number of nitrogens with one attached hydrogen (secondary N) is 2. The van der Waals surface area contributed by atoms with Crippen molar-refractivity contribution in [1.82, 2.24) is 20.2 Å². The first-order valence-corrected chi connectivity index (χ1v) is 12.7. The molecule has 0 bridgehead atoms. The molecular formula is C29H31F3N4O2. The molecule has 4 rings (SSSR count). The van der Waals surface area contributed by atoms with Gasteiger partial charge in [0, 0.05) is 49.6 Å². The van der Waals surface area contributed by atoms with E-state index in [1.54, 1.807) is 12.1 Å². The number of aromatic nitrogens is 2. The number of aromatic hydroxyl groups is 1. The SMILES string of the molecule is CCC1CN(Cc2ccc(C#Cc3ccc([C@@H](CNCC(F)F)Cc4nc[nH]c(=O)c4O)c(F)c3)cc2)C1. The molecule has 2 aromatic carbocycles. The van der Waals surface area contributed by atoms with Crippen LogP contribution in [0.1, 0.15) is 47.2 Å². The molecule has 1 fully saturated rings. The predicted octanol–water partition coefficient (Wildman–Crippen LogP) is 4.04. The van der Waals surface area contributed by atoms with E-state index in [9.17, 15) is 18.7 Å². The van der Waals surface area contributed by atoms with Crippen molar-refractivity contribution in [3.63, 3.8) is 0 Å². The van der Waals surface area contributed by atoms with E-state index in [-0.39, 0.29) is 24.2 Å². The minimum Gasteiger partial charge on any atom is -0.502 e. The van der Waals surface area contributed by atoms with E-state index in [4.69, 9.17) is 0 Å². The van der Waals surface area contributed by atoms with E-state index < -0.39 is 36.0 Å². The number of hydrogen-bond acceptors (Lipinski definition) is 5. The van der Waals surface area contributed by atoms with Crippen molar-refractivity contribution in [3.05, 3.63) is 92.9 Å². The van der Waals surface area contributed by atoms with E-state index in [0.29, 0.717) is 5.56 Å². The van der Waals surface area contributed by atoms with Gasteiger partial charge in [0.15, 0.2) is 0 Å². The van der Waals surface area contributed by atoms with Gasteiger partial charge in [-0.25, -0.2) is 18.2 Å². The summed E-state index contributed by atoms with van der Waals surface area (Å²) in [6, 6.07) is 12.5. The fourth-order valence-corrected chi connectivity index (χ4v) is 4.57. The van der Waals surface area contributed by atoms with Crippen LogP contribution in [0.25, 0.3) is 0 Å². The van der Waals surface area contributed by atoms with Crippen LogP contribution in [0, 0.1) is 23.6 Å². The van der Waals surface area contributed by atoms with Crippen molar-refractivity contribution in [2.45, 2.75) is 38.7 Å². The zero-order valence-electron chi connectivity index (χ0n) is 21.2. The van der Waals surface area contributed by atoms with Crippen molar-refractivity contribution >= 4 is 0 Å². The normalized spacial score (nSPS) is 14.7. The van der Waals surface area contributed by atoms with E-state index in [2.05, 4.69) is 51.1 Å². The van der Waals surface area contributed by atoms with Gasteiger partial charge in [0.1, 0.15) is 5.82 Å². The number of hydrogen-bond donors (Lipinski definition) is 3. The lowest BCUT2D eigenvalue weighted by Gasteiger charge is -2.38. The first-order valence-electron chi connectivity index (χ1n) is 12.7. The minimum atomic E-state index is -2.57. The molecule has 0 radical (unpaired) electrons. The van der Waals surface area contributed by atoms with Gasteiger partial charge in [-0.05, 0) is 41.3 Å². The van der Waals surface area contributed by atoms with Gasteiger partial charge in [-0.1, -0.05) is 43.4 Å². The molecule has 0 saturated carbocycles. The Bertz CT molecular complexity index is 1340. The Kier molecular flexibility index (Phi) is 9.21. The highest BCUT2D eigenvalue weighted by Crippen LogP contribution is 2.26. The third-order valence-electron chi connectivity index (χ3n) is 6.80. The van der Waals surface area contributed by atoms with E-state index in [1.165, 1.54) is 18.1 Å². The van der Waals surface area contributed by atoms with Crippen LogP contribution in [0.15, 0.2) is 53.6 Å². The monoisotopic (exact) mass is 524 g/mol. The summed E-state index contributed by atoms with van der Waals surface area (Å²) in [4.78, 5) is 20.4. The van der Waals surface area contributed by atoms with E-state index in [1.807, 2.05) is 12.1 Å². The van der Waals surface area contributed by atoms with E-state index in [0.717, 1.165) is 37.4 Å². The summed E-state index contributed by atoms with van der Waals surface area (Å²) in [6.45, 7) is 4.87. The third kappa shape index (κ3) is 7.24. The summed E-state index contributed by atoms with van der Waals surface area (Å²) in [5.74, 6) is 5.06. The Morgan fingerprint density at radius 2 is 1.84 bits per heavy atom. The summed E-state index contributed by atoms with van der Waals surface area (Å²) < 4.78 is 40.5. The molecule has 2 heterocycles. The standard InChI is InChI=1S/C29H31F3N4O2/c1-2-19-15-36(16-19)17-22-7-4-20(5-8-22)3-6-21-9-10-24(25(30)11-21)23(13-33-14-27(31)32)12-26-28(37)29(38)35-18-34-26/h4-5,7-11,18-19,23,27,33,37H,2,12-17H2,1H3,(H,34,35,38)/t23-/m1/s1. The molecule has 0 spiro atoms. The molecule has 1 aliphatic heterocycles. The molecule has 0 aliphatic carbocycles. The summed E-state index contributed by atoms with van der Waals surface area (Å²) >= 11 is 0. The quantitative estimate of drug-likeness (QED) is 0.349. The molecule has 0 amide bonds. The number of halogens is 3. The first kappa shape index (κ1) is 27.4. The van der Waals surface area contributed by atoms with Gasteiger partial charge in [0.2, 0.25) is 5.75 Å². The Balaban J connectivity index is 1.45. The summed E-state index contributed by atoms with van der Waals surface area (Å²) in [5, 5.41) is 12.6. The van der Waals surface area contributed by atoms with Crippen LogP contribution in [0.4, 0.5) is 13.2 Å². The molecule has 0 unspecified atom stereocenters. The zero-order chi connectivity index (χ0) is 27.1. The second-order valence-corrected chi connectivity index (χ2v) is 9.63. The third-order valence-corrected chi connectivity index (χ3v) is 6.80. The predicted molar refractivity (Wildman–Crippen MR) is 140 cm³/mol. The molecule has 1 atom stereocenters. The number of aromatic amines is 1. The molecule has 38 heavy (non-hydrogen) atoms. The van der Waals surface area contributed by atoms with Crippen LogP contribution < -0.4 is 10.9 Å². The number of benzene rings is 2. The van der Waals surface area contributed by atoms with Crippen LogP contribution in [0.2, 0.25) is 0 Å². The van der Waals surface area contributed by atoms with Crippen molar-refractivity contribution in [2.24, 2.45) is 5.92 Å². The van der Waals surface area contributed by atoms with Crippen molar-refractivity contribution in [3.8, 4) is 17.6 Å². The molecule has 9 heteroatoms. The maximum Gasteiger partial charge on any atom is 0.293 e. The Morgan fingerprint density at radius 1 is 1.13 bits per heavy atom. The number of rotatable bonds is 10. The fraction of sp³-hybridized carbons (Fsp3) is 0.379.